The predicted molar refractivity (Wildman–Crippen MR) is 123 cm³/mol. The van der Waals surface area contributed by atoms with Gasteiger partial charge < -0.3 is 24.4 Å². The van der Waals surface area contributed by atoms with Crippen molar-refractivity contribution in [3.8, 4) is 0 Å². The second kappa shape index (κ2) is 9.11. The van der Waals surface area contributed by atoms with E-state index in [1.54, 1.807) is 0 Å². The zero-order chi connectivity index (χ0) is 25.7. The standard InChI is InChI=1S/C26H38O8/c1-12-18(30)9-10-26(8)21(12)22(33-15(4)28)17-11-19(32-14(3)27)13(2)20(25(17,6)7)23(24(26)31)34-16(5)29/h17-19,21-24,30-31H,1,9-11H2,2-8H3. The summed E-state index contributed by atoms with van der Waals surface area (Å²) in [6.07, 6.45) is -3.20. The maximum atomic E-state index is 12.3. The molecule has 0 saturated heterocycles. The number of rotatable bonds is 3. The van der Waals surface area contributed by atoms with Crippen LogP contribution in [0, 0.1) is 22.7 Å². The summed E-state index contributed by atoms with van der Waals surface area (Å²) in [6, 6.07) is 0. The third-order valence-corrected chi connectivity index (χ3v) is 8.37. The Morgan fingerprint density at radius 1 is 0.971 bits per heavy atom. The van der Waals surface area contributed by atoms with E-state index in [1.807, 2.05) is 27.7 Å². The molecular weight excluding hydrogens is 440 g/mol. The van der Waals surface area contributed by atoms with Crippen molar-refractivity contribution in [2.75, 3.05) is 0 Å². The van der Waals surface area contributed by atoms with Crippen LogP contribution in [0.25, 0.3) is 0 Å². The molecule has 190 valence electrons. The van der Waals surface area contributed by atoms with E-state index in [4.69, 9.17) is 14.2 Å². The number of hydrogen-bond acceptors (Lipinski definition) is 8. The maximum absolute atomic E-state index is 12.3. The van der Waals surface area contributed by atoms with Crippen LogP contribution in [0.1, 0.15) is 67.7 Å². The number of esters is 3. The predicted octanol–water partition coefficient (Wildman–Crippen LogP) is 2.85. The quantitative estimate of drug-likeness (QED) is 0.361. The summed E-state index contributed by atoms with van der Waals surface area (Å²) in [7, 11) is 0. The molecule has 34 heavy (non-hydrogen) atoms. The molecule has 2 bridgehead atoms. The summed E-state index contributed by atoms with van der Waals surface area (Å²) >= 11 is 0. The van der Waals surface area contributed by atoms with Crippen molar-refractivity contribution >= 4 is 17.9 Å². The molecular formula is C26H38O8. The molecule has 0 aromatic heterocycles. The Kier molecular flexibility index (Phi) is 7.08. The third-order valence-electron chi connectivity index (χ3n) is 8.37. The van der Waals surface area contributed by atoms with E-state index in [-0.39, 0.29) is 5.92 Å². The Hall–Kier alpha value is -2.19. The summed E-state index contributed by atoms with van der Waals surface area (Å²) in [5, 5.41) is 22.6. The summed E-state index contributed by atoms with van der Waals surface area (Å²) in [6.45, 7) is 15.7. The van der Waals surface area contributed by atoms with Crippen LogP contribution in [0.5, 0.6) is 0 Å². The van der Waals surface area contributed by atoms with Gasteiger partial charge in [-0.05, 0) is 48.3 Å². The van der Waals surface area contributed by atoms with Crippen LogP contribution in [-0.2, 0) is 28.6 Å². The van der Waals surface area contributed by atoms with Crippen molar-refractivity contribution in [1.29, 1.82) is 0 Å². The first kappa shape index (κ1) is 26.4. The number of fused-ring (bicyclic) bond motifs is 3. The van der Waals surface area contributed by atoms with Crippen molar-refractivity contribution in [3.63, 3.8) is 0 Å². The molecule has 3 aliphatic carbocycles. The molecule has 8 unspecified atom stereocenters. The van der Waals surface area contributed by atoms with Crippen LogP contribution in [0.3, 0.4) is 0 Å². The van der Waals surface area contributed by atoms with Crippen molar-refractivity contribution in [2.24, 2.45) is 22.7 Å². The first-order valence-electron chi connectivity index (χ1n) is 11.9. The zero-order valence-corrected chi connectivity index (χ0v) is 21.2. The minimum absolute atomic E-state index is 0.364. The van der Waals surface area contributed by atoms with Gasteiger partial charge in [0.25, 0.3) is 0 Å². The van der Waals surface area contributed by atoms with E-state index in [2.05, 4.69) is 6.58 Å². The lowest BCUT2D eigenvalue weighted by atomic mass is 9.49. The SMILES string of the molecule is C=C1C(O)CCC2(C)C(O)C(OC(C)=O)C3=C(C)C(OC(C)=O)CC(C(OC(C)=O)C12)C3(C)C. The van der Waals surface area contributed by atoms with Crippen LogP contribution < -0.4 is 0 Å². The Bertz CT molecular complexity index is 918. The maximum Gasteiger partial charge on any atom is 0.303 e. The lowest BCUT2D eigenvalue weighted by molar-refractivity contribution is -0.192. The van der Waals surface area contributed by atoms with Crippen LogP contribution in [0.2, 0.25) is 0 Å². The minimum Gasteiger partial charge on any atom is -0.462 e. The molecule has 8 heteroatoms. The van der Waals surface area contributed by atoms with Crippen molar-refractivity contribution < 1.29 is 38.8 Å². The van der Waals surface area contributed by atoms with Gasteiger partial charge >= 0.3 is 17.9 Å². The lowest BCUT2D eigenvalue weighted by Crippen LogP contribution is -2.63. The van der Waals surface area contributed by atoms with Gasteiger partial charge in [0.1, 0.15) is 18.3 Å². The fraction of sp³-hybridized carbons (Fsp3) is 0.731. The monoisotopic (exact) mass is 478 g/mol. The highest BCUT2D eigenvalue weighted by atomic mass is 16.6. The van der Waals surface area contributed by atoms with Gasteiger partial charge in [0.15, 0.2) is 6.10 Å². The van der Waals surface area contributed by atoms with Gasteiger partial charge in [-0.2, -0.15) is 0 Å². The topological polar surface area (TPSA) is 119 Å². The molecule has 8 atom stereocenters. The van der Waals surface area contributed by atoms with Crippen LogP contribution in [-0.4, -0.2) is 58.6 Å². The van der Waals surface area contributed by atoms with Crippen molar-refractivity contribution in [2.45, 2.75) is 98.2 Å². The van der Waals surface area contributed by atoms with Gasteiger partial charge in [-0.3, -0.25) is 14.4 Å². The average Bonchev–Trinajstić information content (AvgIpc) is 2.69. The van der Waals surface area contributed by atoms with E-state index in [9.17, 15) is 24.6 Å². The number of hydrogen-bond donors (Lipinski definition) is 2. The molecule has 2 N–H and O–H groups in total. The van der Waals surface area contributed by atoms with Crippen LogP contribution in [0.15, 0.2) is 23.3 Å². The molecule has 0 spiro atoms. The first-order chi connectivity index (χ1) is 15.6. The Morgan fingerprint density at radius 3 is 2.06 bits per heavy atom. The minimum atomic E-state index is -1.18. The number of aliphatic hydroxyl groups is 2. The van der Waals surface area contributed by atoms with Gasteiger partial charge in [-0.1, -0.05) is 27.4 Å². The fourth-order valence-electron chi connectivity index (χ4n) is 6.77. The molecule has 2 fully saturated rings. The fourth-order valence-corrected chi connectivity index (χ4v) is 6.77. The van der Waals surface area contributed by atoms with E-state index < -0.39 is 65.2 Å². The highest BCUT2D eigenvalue weighted by Crippen LogP contribution is 2.60. The molecule has 2 saturated carbocycles. The number of ether oxygens (including phenoxy) is 3. The van der Waals surface area contributed by atoms with E-state index >= 15 is 0 Å². The largest absolute Gasteiger partial charge is 0.462 e. The molecule has 0 aliphatic heterocycles. The van der Waals surface area contributed by atoms with Crippen LogP contribution in [0.4, 0.5) is 0 Å². The molecule has 0 heterocycles. The third kappa shape index (κ3) is 4.31. The molecule has 8 nitrogen and oxygen atoms in total. The second-order valence-electron chi connectivity index (χ2n) is 10.9. The summed E-state index contributed by atoms with van der Waals surface area (Å²) in [5.41, 5.74) is 0.276. The summed E-state index contributed by atoms with van der Waals surface area (Å²) < 4.78 is 17.4. The Balaban J connectivity index is 2.34. The van der Waals surface area contributed by atoms with Gasteiger partial charge in [0.2, 0.25) is 0 Å². The lowest BCUT2D eigenvalue weighted by Gasteiger charge is -2.59. The van der Waals surface area contributed by atoms with Crippen LogP contribution >= 0.6 is 0 Å². The number of aliphatic hydroxyl groups excluding tert-OH is 2. The summed E-state index contributed by atoms with van der Waals surface area (Å²) in [4.78, 5) is 36.5. The normalized spacial score (nSPS) is 39.3. The smallest absolute Gasteiger partial charge is 0.303 e. The van der Waals surface area contributed by atoms with Gasteiger partial charge in [-0.15, -0.1) is 0 Å². The van der Waals surface area contributed by atoms with E-state index in [0.29, 0.717) is 30.4 Å². The molecule has 0 radical (unpaired) electrons. The molecule has 0 aromatic rings. The highest BCUT2D eigenvalue weighted by molar-refractivity contribution is 5.68. The number of carbonyl (C=O) groups excluding carboxylic acids is 3. The van der Waals surface area contributed by atoms with E-state index in [0.717, 1.165) is 5.57 Å². The Morgan fingerprint density at radius 2 is 1.53 bits per heavy atom. The highest BCUT2D eigenvalue weighted by Gasteiger charge is 2.62. The average molecular weight is 479 g/mol. The molecule has 0 aromatic carbocycles. The second-order valence-corrected chi connectivity index (χ2v) is 10.9. The van der Waals surface area contributed by atoms with E-state index in [1.165, 1.54) is 20.8 Å². The molecule has 3 rings (SSSR count). The van der Waals surface area contributed by atoms with Gasteiger partial charge in [0, 0.05) is 38.0 Å². The Labute approximate surface area is 201 Å². The van der Waals surface area contributed by atoms with Gasteiger partial charge in [-0.25, -0.2) is 0 Å². The van der Waals surface area contributed by atoms with Crippen molar-refractivity contribution in [3.05, 3.63) is 23.3 Å². The molecule has 3 aliphatic rings. The molecule has 0 amide bonds. The zero-order valence-electron chi connectivity index (χ0n) is 21.2. The van der Waals surface area contributed by atoms with Gasteiger partial charge in [0.05, 0.1) is 6.10 Å². The number of carbonyl (C=O) groups is 3. The summed E-state index contributed by atoms with van der Waals surface area (Å²) in [5.74, 6) is -2.46. The van der Waals surface area contributed by atoms with Crippen molar-refractivity contribution in [1.82, 2.24) is 0 Å². The first-order valence-corrected chi connectivity index (χ1v) is 11.9.